The Kier molecular flexibility index (Phi) is 4.44. The summed E-state index contributed by atoms with van der Waals surface area (Å²) in [4.78, 5) is 13.8. The predicted octanol–water partition coefficient (Wildman–Crippen LogP) is 1.08. The van der Waals surface area contributed by atoms with Crippen molar-refractivity contribution in [2.24, 2.45) is 10.2 Å². The second-order valence-corrected chi connectivity index (χ2v) is 5.69. The lowest BCUT2D eigenvalue weighted by atomic mass is 10.3. The number of sulfonamides is 1. The molecule has 22 heavy (non-hydrogen) atoms. The molecule has 0 aliphatic rings. The normalized spacial score (nSPS) is 11.5. The number of aromatic nitrogens is 1. The standard InChI is InChI=1S/C12H11N5O4S/c13-22(20,21)10-1-2-11(12(7-10)17(18)19)16-15-8-9-3-5-14-6-4-9/h1-8,16H,(H2,13,20,21)/b15-8+. The molecule has 2 aromatic rings. The monoisotopic (exact) mass is 321 g/mol. The highest BCUT2D eigenvalue weighted by Crippen LogP contribution is 2.27. The van der Waals surface area contributed by atoms with Gasteiger partial charge in [-0.05, 0) is 29.8 Å². The van der Waals surface area contributed by atoms with Crippen LogP contribution in [-0.4, -0.2) is 24.5 Å². The minimum atomic E-state index is -4.02. The van der Waals surface area contributed by atoms with Gasteiger partial charge < -0.3 is 0 Å². The van der Waals surface area contributed by atoms with Gasteiger partial charge >= 0.3 is 0 Å². The number of hydrogen-bond donors (Lipinski definition) is 2. The molecule has 9 nitrogen and oxygen atoms in total. The molecule has 2 rings (SSSR count). The molecule has 0 aliphatic carbocycles. The number of nitro groups is 1. The van der Waals surface area contributed by atoms with Crippen molar-refractivity contribution in [2.75, 3.05) is 5.43 Å². The van der Waals surface area contributed by atoms with Gasteiger partial charge in [-0.1, -0.05) is 0 Å². The van der Waals surface area contributed by atoms with Crippen molar-refractivity contribution in [1.29, 1.82) is 0 Å². The molecular formula is C12H11N5O4S. The Bertz CT molecular complexity index is 821. The van der Waals surface area contributed by atoms with Gasteiger partial charge in [-0.3, -0.25) is 20.5 Å². The summed E-state index contributed by atoms with van der Waals surface area (Å²) in [5, 5.41) is 19.8. The number of nitrogens with zero attached hydrogens (tertiary/aromatic N) is 3. The molecule has 0 fully saturated rings. The zero-order valence-electron chi connectivity index (χ0n) is 11.1. The van der Waals surface area contributed by atoms with Crippen molar-refractivity contribution in [1.82, 2.24) is 4.98 Å². The van der Waals surface area contributed by atoms with Crippen LogP contribution in [0.3, 0.4) is 0 Å². The van der Waals surface area contributed by atoms with Crippen molar-refractivity contribution in [3.8, 4) is 0 Å². The van der Waals surface area contributed by atoms with Gasteiger partial charge in [-0.15, -0.1) is 0 Å². The molecule has 0 amide bonds. The van der Waals surface area contributed by atoms with Crippen LogP contribution >= 0.6 is 0 Å². The fourth-order valence-electron chi connectivity index (χ4n) is 1.56. The lowest BCUT2D eigenvalue weighted by Gasteiger charge is -2.04. The SMILES string of the molecule is NS(=O)(=O)c1ccc(N/N=C/c2ccncc2)c([N+](=O)[O-])c1. The molecule has 0 unspecified atom stereocenters. The third kappa shape index (κ3) is 3.84. The molecule has 1 heterocycles. The summed E-state index contributed by atoms with van der Waals surface area (Å²) < 4.78 is 22.4. The Morgan fingerprint density at radius 2 is 1.95 bits per heavy atom. The number of primary sulfonamides is 1. The van der Waals surface area contributed by atoms with Gasteiger partial charge in [0, 0.05) is 18.5 Å². The fourth-order valence-corrected chi connectivity index (χ4v) is 2.09. The van der Waals surface area contributed by atoms with Crippen LogP contribution in [0, 0.1) is 10.1 Å². The Morgan fingerprint density at radius 3 is 2.55 bits per heavy atom. The van der Waals surface area contributed by atoms with E-state index in [9.17, 15) is 18.5 Å². The zero-order chi connectivity index (χ0) is 16.2. The fraction of sp³-hybridized carbons (Fsp3) is 0. The highest BCUT2D eigenvalue weighted by atomic mass is 32.2. The number of hydrogen-bond acceptors (Lipinski definition) is 7. The van der Waals surface area contributed by atoms with E-state index in [4.69, 9.17) is 5.14 Å². The number of nitro benzene ring substituents is 1. The topological polar surface area (TPSA) is 141 Å². The number of benzene rings is 1. The van der Waals surface area contributed by atoms with Gasteiger partial charge in [0.2, 0.25) is 10.0 Å². The highest BCUT2D eigenvalue weighted by Gasteiger charge is 2.18. The van der Waals surface area contributed by atoms with Crippen molar-refractivity contribution >= 4 is 27.6 Å². The summed E-state index contributed by atoms with van der Waals surface area (Å²) in [6.45, 7) is 0. The van der Waals surface area contributed by atoms with Gasteiger partial charge in [0.1, 0.15) is 5.69 Å². The minimum Gasteiger partial charge on any atom is -0.272 e. The zero-order valence-corrected chi connectivity index (χ0v) is 11.9. The number of hydrazone groups is 1. The molecule has 1 aromatic carbocycles. The molecule has 1 aromatic heterocycles. The van der Waals surface area contributed by atoms with E-state index >= 15 is 0 Å². The smallest absolute Gasteiger partial charge is 0.272 e. The highest BCUT2D eigenvalue weighted by molar-refractivity contribution is 7.89. The van der Waals surface area contributed by atoms with E-state index < -0.39 is 20.6 Å². The first-order chi connectivity index (χ1) is 10.4. The molecule has 0 aliphatic heterocycles. The van der Waals surface area contributed by atoms with Gasteiger partial charge in [-0.2, -0.15) is 5.10 Å². The van der Waals surface area contributed by atoms with Crippen LogP contribution in [-0.2, 0) is 10.0 Å². The van der Waals surface area contributed by atoms with Crippen molar-refractivity contribution in [3.63, 3.8) is 0 Å². The largest absolute Gasteiger partial charge is 0.295 e. The number of nitrogens with two attached hydrogens (primary N) is 1. The predicted molar refractivity (Wildman–Crippen MR) is 79.9 cm³/mol. The lowest BCUT2D eigenvalue weighted by molar-refractivity contribution is -0.384. The van der Waals surface area contributed by atoms with E-state index in [1.165, 1.54) is 12.3 Å². The molecule has 0 saturated heterocycles. The maximum absolute atomic E-state index is 11.2. The second-order valence-electron chi connectivity index (χ2n) is 4.13. The number of rotatable bonds is 5. The Hall–Kier alpha value is -2.85. The van der Waals surface area contributed by atoms with E-state index in [-0.39, 0.29) is 10.6 Å². The van der Waals surface area contributed by atoms with Gasteiger partial charge in [0.25, 0.3) is 5.69 Å². The van der Waals surface area contributed by atoms with Crippen LogP contribution < -0.4 is 10.6 Å². The first-order valence-corrected chi connectivity index (χ1v) is 7.43. The molecule has 114 valence electrons. The van der Waals surface area contributed by atoms with E-state index in [1.54, 1.807) is 24.5 Å². The van der Waals surface area contributed by atoms with Crippen LogP contribution in [0.1, 0.15) is 5.56 Å². The summed E-state index contributed by atoms with van der Waals surface area (Å²) in [6.07, 6.45) is 4.59. The third-order valence-corrected chi connectivity index (χ3v) is 3.51. The van der Waals surface area contributed by atoms with Crippen molar-refractivity contribution in [2.45, 2.75) is 4.90 Å². The molecule has 0 atom stereocenters. The quantitative estimate of drug-likeness (QED) is 0.479. The minimum absolute atomic E-state index is 0.0442. The van der Waals surface area contributed by atoms with Gasteiger partial charge in [0.05, 0.1) is 16.0 Å². The maximum Gasteiger partial charge on any atom is 0.295 e. The first-order valence-electron chi connectivity index (χ1n) is 5.88. The molecule has 0 spiro atoms. The van der Waals surface area contributed by atoms with Crippen LogP contribution in [0.2, 0.25) is 0 Å². The van der Waals surface area contributed by atoms with Crippen LogP contribution in [0.15, 0.2) is 52.7 Å². The van der Waals surface area contributed by atoms with Crippen LogP contribution in [0.4, 0.5) is 11.4 Å². The van der Waals surface area contributed by atoms with Crippen molar-refractivity contribution < 1.29 is 13.3 Å². The Balaban J connectivity index is 2.28. The van der Waals surface area contributed by atoms with Crippen LogP contribution in [0.25, 0.3) is 0 Å². The van der Waals surface area contributed by atoms with Crippen LogP contribution in [0.5, 0.6) is 0 Å². The molecule has 0 bridgehead atoms. The summed E-state index contributed by atoms with van der Waals surface area (Å²) in [7, 11) is -4.02. The van der Waals surface area contributed by atoms with Crippen molar-refractivity contribution in [3.05, 3.63) is 58.4 Å². The number of nitrogens with one attached hydrogen (secondary N) is 1. The Labute approximate surface area is 125 Å². The first kappa shape index (κ1) is 15.5. The van der Waals surface area contributed by atoms with E-state index in [2.05, 4.69) is 15.5 Å². The average molecular weight is 321 g/mol. The molecule has 10 heteroatoms. The van der Waals surface area contributed by atoms with E-state index in [0.717, 1.165) is 17.7 Å². The number of anilines is 1. The average Bonchev–Trinajstić information content (AvgIpc) is 2.47. The summed E-state index contributed by atoms with van der Waals surface area (Å²) in [6, 6.07) is 6.65. The molecule has 3 N–H and O–H groups in total. The van der Waals surface area contributed by atoms with Gasteiger partial charge in [-0.25, -0.2) is 13.6 Å². The molecular weight excluding hydrogens is 310 g/mol. The summed E-state index contributed by atoms with van der Waals surface area (Å²) in [5.41, 5.74) is 2.83. The second kappa shape index (κ2) is 6.28. The third-order valence-electron chi connectivity index (χ3n) is 2.60. The van der Waals surface area contributed by atoms with E-state index in [1.807, 2.05) is 0 Å². The van der Waals surface area contributed by atoms with E-state index in [0.29, 0.717) is 0 Å². The molecule has 0 saturated carbocycles. The summed E-state index contributed by atoms with van der Waals surface area (Å²) >= 11 is 0. The maximum atomic E-state index is 11.2. The summed E-state index contributed by atoms with van der Waals surface area (Å²) in [5.74, 6) is 0. The number of pyridine rings is 1. The van der Waals surface area contributed by atoms with Gasteiger partial charge in [0.15, 0.2) is 0 Å². The lowest BCUT2D eigenvalue weighted by Crippen LogP contribution is -2.12. The Morgan fingerprint density at radius 1 is 1.27 bits per heavy atom. The molecule has 0 radical (unpaired) electrons.